The van der Waals surface area contributed by atoms with Crippen LogP contribution in [0.4, 0.5) is 11.4 Å². The summed E-state index contributed by atoms with van der Waals surface area (Å²) < 4.78 is 0. The van der Waals surface area contributed by atoms with Crippen LogP contribution in [0.2, 0.25) is 5.02 Å². The van der Waals surface area contributed by atoms with Crippen LogP contribution in [0.1, 0.15) is 32.8 Å². The van der Waals surface area contributed by atoms with Crippen molar-refractivity contribution in [2.24, 2.45) is 0 Å². The van der Waals surface area contributed by atoms with Crippen molar-refractivity contribution in [2.45, 2.75) is 39.7 Å². The minimum atomic E-state index is -0.418. The van der Waals surface area contributed by atoms with Gasteiger partial charge in [-0.05, 0) is 67.9 Å². The van der Waals surface area contributed by atoms with Gasteiger partial charge in [0.05, 0.1) is 0 Å². The summed E-state index contributed by atoms with van der Waals surface area (Å²) >= 11 is 11.6. The predicted octanol–water partition coefficient (Wildman–Crippen LogP) is 5.34. The third kappa shape index (κ3) is 6.22. The number of benzene rings is 2. The Morgan fingerprint density at radius 1 is 1.11 bits per heavy atom. The minimum absolute atomic E-state index is 0.129. The second kappa shape index (κ2) is 10.3. The molecule has 0 unspecified atom stereocenters. The Morgan fingerprint density at radius 3 is 2.41 bits per heavy atom. The molecule has 0 fully saturated rings. The molecular formula is C21H26ClN3OS. The quantitative estimate of drug-likeness (QED) is 0.612. The summed E-state index contributed by atoms with van der Waals surface area (Å²) in [5.41, 5.74) is 2.86. The highest BCUT2D eigenvalue weighted by Crippen LogP contribution is 2.17. The zero-order valence-electron chi connectivity index (χ0n) is 16.0. The van der Waals surface area contributed by atoms with Gasteiger partial charge in [-0.3, -0.25) is 4.79 Å². The lowest BCUT2D eigenvalue weighted by Crippen LogP contribution is -2.47. The van der Waals surface area contributed by atoms with Crippen LogP contribution in [-0.2, 0) is 11.2 Å². The molecule has 0 radical (unpaired) electrons. The smallest absolute Gasteiger partial charge is 0.246 e. The van der Waals surface area contributed by atoms with E-state index in [4.69, 9.17) is 23.8 Å². The highest BCUT2D eigenvalue weighted by atomic mass is 35.5. The molecule has 2 aromatic rings. The van der Waals surface area contributed by atoms with E-state index in [9.17, 15) is 4.79 Å². The number of halogens is 1. The summed E-state index contributed by atoms with van der Waals surface area (Å²) in [5, 5.41) is 7.26. The number of carbonyl (C=O) groups is 1. The van der Waals surface area contributed by atoms with Gasteiger partial charge in [-0.2, -0.15) is 0 Å². The fraction of sp³-hybridized carbons (Fsp3) is 0.333. The Balaban J connectivity index is 2.06. The number of rotatable bonds is 7. The van der Waals surface area contributed by atoms with E-state index in [0.717, 1.165) is 18.5 Å². The topological polar surface area (TPSA) is 44.4 Å². The van der Waals surface area contributed by atoms with E-state index in [-0.39, 0.29) is 5.91 Å². The molecule has 0 aliphatic heterocycles. The number of carbonyl (C=O) groups excluding carboxylic acids is 1. The van der Waals surface area contributed by atoms with Crippen LogP contribution in [-0.4, -0.2) is 28.5 Å². The molecule has 0 saturated heterocycles. The normalized spacial score (nSPS) is 11.6. The lowest BCUT2D eigenvalue weighted by atomic mass is 10.1. The number of hydrogen-bond acceptors (Lipinski definition) is 2. The largest absolute Gasteiger partial charge is 0.337 e. The third-order valence-corrected chi connectivity index (χ3v) is 4.85. The van der Waals surface area contributed by atoms with Crippen LogP contribution in [0.5, 0.6) is 0 Å². The first kappa shape index (κ1) is 21.2. The molecule has 0 heterocycles. The molecule has 2 N–H and O–H groups in total. The highest BCUT2D eigenvalue weighted by Gasteiger charge is 2.23. The summed E-state index contributed by atoms with van der Waals surface area (Å²) in [7, 11) is 0. The van der Waals surface area contributed by atoms with Crippen molar-refractivity contribution in [3.8, 4) is 0 Å². The maximum Gasteiger partial charge on any atom is 0.246 e. The summed E-state index contributed by atoms with van der Waals surface area (Å²) in [6, 6.07) is 14.9. The molecule has 144 valence electrons. The maximum absolute atomic E-state index is 12.7. The van der Waals surface area contributed by atoms with Crippen LogP contribution in [0.15, 0.2) is 48.5 Å². The number of nitrogens with one attached hydrogen (secondary N) is 2. The first-order chi connectivity index (χ1) is 12.9. The van der Waals surface area contributed by atoms with Gasteiger partial charge in [-0.1, -0.05) is 43.6 Å². The van der Waals surface area contributed by atoms with Crippen LogP contribution < -0.4 is 10.6 Å². The van der Waals surface area contributed by atoms with Gasteiger partial charge in [0.15, 0.2) is 5.11 Å². The maximum atomic E-state index is 12.7. The number of aryl methyl sites for hydroxylation is 1. The second-order valence-electron chi connectivity index (χ2n) is 6.35. The Bertz CT molecular complexity index is 779. The molecule has 2 rings (SSSR count). The Morgan fingerprint density at radius 2 is 1.81 bits per heavy atom. The molecular weight excluding hydrogens is 378 g/mol. The van der Waals surface area contributed by atoms with Gasteiger partial charge in [0.25, 0.3) is 0 Å². The van der Waals surface area contributed by atoms with E-state index in [0.29, 0.717) is 22.4 Å². The summed E-state index contributed by atoms with van der Waals surface area (Å²) in [6.07, 6.45) is 1.87. The van der Waals surface area contributed by atoms with E-state index >= 15 is 0 Å². The van der Waals surface area contributed by atoms with Crippen molar-refractivity contribution in [2.75, 3.05) is 17.2 Å². The van der Waals surface area contributed by atoms with Crippen molar-refractivity contribution in [3.05, 3.63) is 59.1 Å². The molecule has 1 amide bonds. The van der Waals surface area contributed by atoms with Crippen molar-refractivity contribution >= 4 is 46.2 Å². The fourth-order valence-corrected chi connectivity index (χ4v) is 3.24. The van der Waals surface area contributed by atoms with Crippen LogP contribution in [0, 0.1) is 0 Å². The second-order valence-corrected chi connectivity index (χ2v) is 7.17. The average Bonchev–Trinajstić information content (AvgIpc) is 2.66. The SMILES string of the molecule is CCCN(C(=S)Nc1ccc(CC)cc1)[C@@H](C)C(=O)Nc1cccc(Cl)c1. The number of amides is 1. The third-order valence-electron chi connectivity index (χ3n) is 4.28. The summed E-state index contributed by atoms with van der Waals surface area (Å²) in [6.45, 7) is 6.72. The van der Waals surface area contributed by atoms with Gasteiger partial charge in [0, 0.05) is 22.9 Å². The Labute approximate surface area is 171 Å². The molecule has 6 heteroatoms. The van der Waals surface area contributed by atoms with Gasteiger partial charge >= 0.3 is 0 Å². The molecule has 0 spiro atoms. The first-order valence-corrected chi connectivity index (χ1v) is 9.96. The van der Waals surface area contributed by atoms with E-state index in [2.05, 4.69) is 36.6 Å². The van der Waals surface area contributed by atoms with Gasteiger partial charge in [-0.15, -0.1) is 0 Å². The van der Waals surface area contributed by atoms with Crippen LogP contribution in [0.25, 0.3) is 0 Å². The monoisotopic (exact) mass is 403 g/mol. The van der Waals surface area contributed by atoms with E-state index in [1.54, 1.807) is 18.2 Å². The zero-order valence-corrected chi connectivity index (χ0v) is 17.5. The molecule has 0 bridgehead atoms. The van der Waals surface area contributed by atoms with E-state index in [1.807, 2.05) is 30.0 Å². The first-order valence-electron chi connectivity index (χ1n) is 9.17. The molecule has 4 nitrogen and oxygen atoms in total. The van der Waals surface area contributed by atoms with Crippen molar-refractivity contribution in [1.82, 2.24) is 4.90 Å². The number of nitrogens with zero attached hydrogens (tertiary/aromatic N) is 1. The number of thiocarbonyl (C=S) groups is 1. The molecule has 1 atom stereocenters. The Kier molecular flexibility index (Phi) is 8.07. The predicted molar refractivity (Wildman–Crippen MR) is 119 cm³/mol. The van der Waals surface area contributed by atoms with Crippen molar-refractivity contribution in [3.63, 3.8) is 0 Å². The van der Waals surface area contributed by atoms with Crippen LogP contribution in [0.3, 0.4) is 0 Å². The van der Waals surface area contributed by atoms with Gasteiger partial charge in [-0.25, -0.2) is 0 Å². The molecule has 0 aliphatic rings. The summed E-state index contributed by atoms with van der Waals surface area (Å²) in [4.78, 5) is 14.6. The molecule has 0 aromatic heterocycles. The molecule has 0 aliphatic carbocycles. The van der Waals surface area contributed by atoms with Crippen molar-refractivity contribution < 1.29 is 4.79 Å². The van der Waals surface area contributed by atoms with Gasteiger partial charge < -0.3 is 15.5 Å². The lowest BCUT2D eigenvalue weighted by Gasteiger charge is -2.30. The number of hydrogen-bond donors (Lipinski definition) is 2. The minimum Gasteiger partial charge on any atom is -0.337 e. The molecule has 27 heavy (non-hydrogen) atoms. The van der Waals surface area contributed by atoms with Crippen LogP contribution >= 0.6 is 23.8 Å². The van der Waals surface area contributed by atoms with E-state index < -0.39 is 6.04 Å². The average molecular weight is 404 g/mol. The van der Waals surface area contributed by atoms with Crippen molar-refractivity contribution in [1.29, 1.82) is 0 Å². The van der Waals surface area contributed by atoms with Gasteiger partial charge in [0.2, 0.25) is 5.91 Å². The van der Waals surface area contributed by atoms with E-state index in [1.165, 1.54) is 5.56 Å². The fourth-order valence-electron chi connectivity index (χ4n) is 2.69. The standard InChI is InChI=1S/C21H26ClN3OS/c1-4-13-25(21(27)24-18-11-9-16(5-2)10-12-18)15(3)20(26)23-19-8-6-7-17(22)14-19/h6-12,14-15H,4-5,13H2,1-3H3,(H,23,26)(H,24,27)/t15-/m0/s1. The zero-order chi connectivity index (χ0) is 19.8. The molecule has 2 aromatic carbocycles. The summed E-state index contributed by atoms with van der Waals surface area (Å²) in [5.74, 6) is -0.129. The lowest BCUT2D eigenvalue weighted by molar-refractivity contribution is -0.119. The van der Waals surface area contributed by atoms with Gasteiger partial charge in [0.1, 0.15) is 6.04 Å². The number of anilines is 2. The Hall–Kier alpha value is -2.11. The highest BCUT2D eigenvalue weighted by molar-refractivity contribution is 7.80. The molecule has 0 saturated carbocycles.